The Balaban J connectivity index is 1.97. The summed E-state index contributed by atoms with van der Waals surface area (Å²) in [5.41, 5.74) is 5.02. The third kappa shape index (κ3) is 2.76. The van der Waals surface area contributed by atoms with Gasteiger partial charge in [-0.3, -0.25) is 0 Å². The maximum atomic E-state index is 5.09. The fourth-order valence-corrected chi connectivity index (χ4v) is 3.59. The predicted octanol–water partition coefficient (Wildman–Crippen LogP) is 5.49. The van der Waals surface area contributed by atoms with Gasteiger partial charge in [0, 0.05) is 5.39 Å². The fourth-order valence-electron chi connectivity index (χ4n) is 3.59. The second-order valence-electron chi connectivity index (χ2n) is 8.18. The van der Waals surface area contributed by atoms with Crippen molar-refractivity contribution in [2.45, 2.75) is 33.1 Å². The first-order valence-corrected chi connectivity index (χ1v) is 9.14. The van der Waals surface area contributed by atoms with E-state index < -0.39 is 0 Å². The lowest BCUT2D eigenvalue weighted by molar-refractivity contribution is -0.661. The van der Waals surface area contributed by atoms with Crippen molar-refractivity contribution >= 4 is 21.7 Å². The van der Waals surface area contributed by atoms with Crippen molar-refractivity contribution in [3.8, 4) is 11.4 Å². The lowest BCUT2D eigenvalue weighted by Gasteiger charge is -2.20. The third-order valence-electron chi connectivity index (χ3n) is 5.15. The minimum atomic E-state index is 0.151. The van der Waals surface area contributed by atoms with Crippen molar-refractivity contribution in [3.05, 3.63) is 71.9 Å². The molecule has 4 rings (SSSR count). The minimum absolute atomic E-state index is 0.151. The molecule has 0 bridgehead atoms. The van der Waals surface area contributed by atoms with Crippen molar-refractivity contribution in [1.29, 1.82) is 0 Å². The predicted molar refractivity (Wildman–Crippen MR) is 109 cm³/mol. The van der Waals surface area contributed by atoms with Crippen LogP contribution in [0.15, 0.2) is 60.8 Å². The highest BCUT2D eigenvalue weighted by molar-refractivity contribution is 6.04. The van der Waals surface area contributed by atoms with Gasteiger partial charge in [-0.15, -0.1) is 0 Å². The van der Waals surface area contributed by atoms with Crippen molar-refractivity contribution in [3.63, 3.8) is 0 Å². The molecule has 0 N–H and O–H groups in total. The molecule has 0 saturated carbocycles. The Morgan fingerprint density at radius 1 is 0.885 bits per heavy atom. The lowest BCUT2D eigenvalue weighted by Crippen LogP contribution is -2.32. The molecular weight excluding hydrogens is 316 g/mol. The van der Waals surface area contributed by atoms with Gasteiger partial charge in [-0.1, -0.05) is 57.2 Å². The average Bonchev–Trinajstić information content (AvgIpc) is 2.60. The van der Waals surface area contributed by atoms with Crippen LogP contribution in [0.5, 0.6) is 0 Å². The maximum absolute atomic E-state index is 5.09. The highest BCUT2D eigenvalue weighted by Gasteiger charge is 2.21. The van der Waals surface area contributed by atoms with Gasteiger partial charge in [-0.25, -0.2) is 4.57 Å². The molecule has 4 aromatic rings. The highest BCUT2D eigenvalue weighted by atomic mass is 15.0. The van der Waals surface area contributed by atoms with Crippen molar-refractivity contribution < 1.29 is 4.57 Å². The van der Waals surface area contributed by atoms with Crippen molar-refractivity contribution in [2.75, 3.05) is 0 Å². The summed E-state index contributed by atoms with van der Waals surface area (Å²) in [6.07, 6.45) is 2.18. The van der Waals surface area contributed by atoms with Crippen LogP contribution >= 0.6 is 0 Å². The average molecular weight is 341 g/mol. The van der Waals surface area contributed by atoms with E-state index in [1.165, 1.54) is 32.8 Å². The summed E-state index contributed by atoms with van der Waals surface area (Å²) >= 11 is 0. The van der Waals surface area contributed by atoms with E-state index in [9.17, 15) is 0 Å². The van der Waals surface area contributed by atoms with Gasteiger partial charge in [0.2, 0.25) is 0 Å². The van der Waals surface area contributed by atoms with Crippen LogP contribution in [0, 0.1) is 6.92 Å². The number of hydrogen-bond acceptors (Lipinski definition) is 1. The number of benzene rings is 3. The van der Waals surface area contributed by atoms with E-state index in [0.29, 0.717) is 0 Å². The van der Waals surface area contributed by atoms with Gasteiger partial charge in [-0.2, -0.15) is 0 Å². The fraction of sp³-hybridized carbons (Fsp3) is 0.250. The molecule has 0 saturated heterocycles. The van der Waals surface area contributed by atoms with E-state index >= 15 is 0 Å². The molecule has 0 spiro atoms. The Morgan fingerprint density at radius 2 is 1.62 bits per heavy atom. The molecule has 1 aromatic heterocycles. The molecule has 130 valence electrons. The smallest absolute Gasteiger partial charge is 0.232 e. The Bertz CT molecular complexity index is 1130. The number of hydrogen-bond donors (Lipinski definition) is 0. The topological polar surface area (TPSA) is 16.8 Å². The van der Waals surface area contributed by atoms with Crippen LogP contribution < -0.4 is 4.57 Å². The standard InChI is InChI=1S/C24H25N2/c1-16-14-19(24(2,3)4)12-13-20(16)23-25-22-18(15-26(23)5)11-10-17-8-6-7-9-21(17)22/h6-15H,1-5H3/q+1. The molecule has 0 aliphatic heterocycles. The van der Waals surface area contributed by atoms with Gasteiger partial charge in [0.25, 0.3) is 0 Å². The molecule has 0 radical (unpaired) electrons. The van der Waals surface area contributed by atoms with Crippen LogP contribution in [0.4, 0.5) is 0 Å². The quantitative estimate of drug-likeness (QED) is 0.331. The first-order chi connectivity index (χ1) is 12.3. The molecule has 3 aromatic carbocycles. The summed E-state index contributed by atoms with van der Waals surface area (Å²) in [4.78, 5) is 5.09. The van der Waals surface area contributed by atoms with E-state index in [-0.39, 0.29) is 5.41 Å². The summed E-state index contributed by atoms with van der Waals surface area (Å²) in [6.45, 7) is 8.94. The molecule has 0 atom stereocenters. The minimum Gasteiger partial charge on any atom is -0.232 e. The maximum Gasteiger partial charge on any atom is 0.331 e. The summed E-state index contributed by atoms with van der Waals surface area (Å²) in [5, 5.41) is 3.60. The van der Waals surface area contributed by atoms with Crippen LogP contribution in [-0.4, -0.2) is 4.98 Å². The Morgan fingerprint density at radius 3 is 2.35 bits per heavy atom. The summed E-state index contributed by atoms with van der Waals surface area (Å²) in [7, 11) is 2.08. The molecule has 1 heterocycles. The SMILES string of the molecule is Cc1cc(C(C)(C)C)ccc1-c1nc2c(ccc3ccccc32)c[n+]1C. The first kappa shape index (κ1) is 16.7. The number of rotatable bonds is 1. The first-order valence-electron chi connectivity index (χ1n) is 9.14. The van der Waals surface area contributed by atoms with Gasteiger partial charge in [0.15, 0.2) is 5.52 Å². The molecule has 0 aliphatic rings. The molecule has 2 heteroatoms. The van der Waals surface area contributed by atoms with E-state index in [1.807, 2.05) is 0 Å². The molecule has 0 fully saturated rings. The van der Waals surface area contributed by atoms with Crippen LogP contribution in [0.3, 0.4) is 0 Å². The molecule has 0 aliphatic carbocycles. The molecular formula is C24H25N2+. The normalized spacial score (nSPS) is 12.0. The number of aromatic nitrogens is 2. The number of aryl methyl sites for hydroxylation is 2. The Labute approximate surface area is 155 Å². The monoisotopic (exact) mass is 341 g/mol. The van der Waals surface area contributed by atoms with Crippen LogP contribution in [0.25, 0.3) is 33.1 Å². The number of nitrogens with zero attached hydrogens (tertiary/aromatic N) is 2. The van der Waals surface area contributed by atoms with Crippen molar-refractivity contribution in [1.82, 2.24) is 4.98 Å². The Kier molecular flexibility index (Phi) is 3.80. The van der Waals surface area contributed by atoms with Crippen LogP contribution in [-0.2, 0) is 12.5 Å². The number of fused-ring (bicyclic) bond motifs is 3. The van der Waals surface area contributed by atoms with Crippen molar-refractivity contribution in [2.24, 2.45) is 7.05 Å². The van der Waals surface area contributed by atoms with Gasteiger partial charge < -0.3 is 0 Å². The second kappa shape index (κ2) is 5.91. The second-order valence-corrected chi connectivity index (χ2v) is 8.18. The van der Waals surface area contributed by atoms with Gasteiger partial charge in [0.05, 0.1) is 18.0 Å². The molecule has 26 heavy (non-hydrogen) atoms. The molecule has 2 nitrogen and oxygen atoms in total. The van der Waals surface area contributed by atoms with Gasteiger partial charge in [-0.05, 0) is 52.0 Å². The Hall–Kier alpha value is -2.74. The lowest BCUT2D eigenvalue weighted by atomic mass is 9.85. The summed E-state index contributed by atoms with van der Waals surface area (Å²) in [6, 6.07) is 19.5. The van der Waals surface area contributed by atoms with E-state index in [4.69, 9.17) is 4.98 Å². The molecule has 0 unspecified atom stereocenters. The van der Waals surface area contributed by atoms with E-state index in [2.05, 4.69) is 100 Å². The van der Waals surface area contributed by atoms with Crippen LogP contribution in [0.2, 0.25) is 0 Å². The summed E-state index contributed by atoms with van der Waals surface area (Å²) in [5.74, 6) is 1.01. The zero-order chi connectivity index (χ0) is 18.5. The summed E-state index contributed by atoms with van der Waals surface area (Å²) < 4.78 is 2.14. The zero-order valence-corrected chi connectivity index (χ0v) is 16.2. The van der Waals surface area contributed by atoms with Gasteiger partial charge in [0.1, 0.15) is 6.20 Å². The van der Waals surface area contributed by atoms with E-state index in [0.717, 1.165) is 11.3 Å². The third-order valence-corrected chi connectivity index (χ3v) is 5.15. The molecule has 0 amide bonds. The van der Waals surface area contributed by atoms with Crippen LogP contribution in [0.1, 0.15) is 31.9 Å². The van der Waals surface area contributed by atoms with Gasteiger partial charge >= 0.3 is 5.82 Å². The highest BCUT2D eigenvalue weighted by Crippen LogP contribution is 2.29. The zero-order valence-electron chi connectivity index (χ0n) is 16.2. The largest absolute Gasteiger partial charge is 0.331 e. The van der Waals surface area contributed by atoms with E-state index in [1.54, 1.807) is 0 Å².